The van der Waals surface area contributed by atoms with Gasteiger partial charge in [0.15, 0.2) is 0 Å². The number of halogens is 1. The van der Waals surface area contributed by atoms with Crippen LogP contribution in [0.4, 0.5) is 4.39 Å². The molecule has 0 spiro atoms. The monoisotopic (exact) mass is 242 g/mol. The summed E-state index contributed by atoms with van der Waals surface area (Å²) in [5.41, 5.74) is 4.79. The number of hydrogen-bond donors (Lipinski definition) is 2. The predicted octanol–water partition coefficient (Wildman–Crippen LogP) is 2.78. The maximum Gasteiger partial charge on any atom is 0.123 e. The number of hydrazine groups is 1. The van der Waals surface area contributed by atoms with E-state index in [0.717, 1.165) is 16.9 Å². The lowest BCUT2D eigenvalue weighted by Crippen LogP contribution is -2.30. The van der Waals surface area contributed by atoms with Gasteiger partial charge in [-0.2, -0.15) is 11.8 Å². The molecule has 16 heavy (non-hydrogen) atoms. The zero-order valence-corrected chi connectivity index (χ0v) is 10.8. The minimum atomic E-state index is -0.200. The summed E-state index contributed by atoms with van der Waals surface area (Å²) in [6.45, 7) is 6.20. The van der Waals surface area contributed by atoms with Crippen LogP contribution in [0.1, 0.15) is 31.0 Å². The summed E-state index contributed by atoms with van der Waals surface area (Å²) in [5, 5.41) is 0.566. The lowest BCUT2D eigenvalue weighted by atomic mass is 10.0. The Morgan fingerprint density at radius 2 is 2.12 bits per heavy atom. The van der Waals surface area contributed by atoms with Crippen molar-refractivity contribution in [1.29, 1.82) is 0 Å². The summed E-state index contributed by atoms with van der Waals surface area (Å²) >= 11 is 1.84. The maximum absolute atomic E-state index is 13.0. The van der Waals surface area contributed by atoms with Gasteiger partial charge >= 0.3 is 0 Å². The third-order valence-electron chi connectivity index (χ3n) is 2.40. The van der Waals surface area contributed by atoms with E-state index in [1.165, 1.54) is 6.07 Å². The van der Waals surface area contributed by atoms with E-state index in [1.807, 2.05) is 18.7 Å². The zero-order valence-electron chi connectivity index (χ0n) is 9.96. The van der Waals surface area contributed by atoms with Crippen LogP contribution in [0.5, 0.6) is 0 Å². The third kappa shape index (κ3) is 3.77. The molecule has 2 nitrogen and oxygen atoms in total. The first-order valence-corrected chi connectivity index (χ1v) is 6.43. The molecule has 1 unspecified atom stereocenters. The van der Waals surface area contributed by atoms with Crippen molar-refractivity contribution < 1.29 is 4.39 Å². The molecule has 1 atom stereocenters. The highest BCUT2D eigenvalue weighted by atomic mass is 32.2. The van der Waals surface area contributed by atoms with Crippen molar-refractivity contribution in [1.82, 2.24) is 5.43 Å². The minimum absolute atomic E-state index is 0.0769. The second-order valence-electron chi connectivity index (χ2n) is 4.10. The highest BCUT2D eigenvalue weighted by Crippen LogP contribution is 2.23. The summed E-state index contributed by atoms with van der Waals surface area (Å²) in [6.07, 6.45) is 0. The molecular weight excluding hydrogens is 223 g/mol. The molecule has 1 aromatic carbocycles. The Morgan fingerprint density at radius 3 is 2.62 bits per heavy atom. The molecular formula is C12H19FN2S. The Bertz CT molecular complexity index is 342. The molecule has 4 heteroatoms. The van der Waals surface area contributed by atoms with E-state index in [4.69, 9.17) is 5.84 Å². The van der Waals surface area contributed by atoms with Gasteiger partial charge in [-0.15, -0.1) is 0 Å². The second kappa shape index (κ2) is 6.23. The Balaban J connectivity index is 2.78. The molecule has 0 fully saturated rings. The zero-order chi connectivity index (χ0) is 12.1. The van der Waals surface area contributed by atoms with Crippen LogP contribution >= 0.6 is 11.8 Å². The first-order valence-electron chi connectivity index (χ1n) is 5.38. The Kier molecular flexibility index (Phi) is 5.25. The summed E-state index contributed by atoms with van der Waals surface area (Å²) in [5.74, 6) is 6.23. The van der Waals surface area contributed by atoms with Gasteiger partial charge in [-0.25, -0.2) is 4.39 Å². The molecule has 90 valence electrons. The lowest BCUT2D eigenvalue weighted by Gasteiger charge is -2.19. The van der Waals surface area contributed by atoms with Gasteiger partial charge < -0.3 is 0 Å². The van der Waals surface area contributed by atoms with Crippen LogP contribution < -0.4 is 11.3 Å². The smallest absolute Gasteiger partial charge is 0.123 e. The van der Waals surface area contributed by atoms with Gasteiger partial charge in [0.05, 0.1) is 6.04 Å². The molecule has 0 aromatic heterocycles. The van der Waals surface area contributed by atoms with E-state index in [1.54, 1.807) is 12.1 Å². The second-order valence-corrected chi connectivity index (χ2v) is 5.71. The summed E-state index contributed by atoms with van der Waals surface area (Å²) in [4.78, 5) is 0. The van der Waals surface area contributed by atoms with Gasteiger partial charge in [0, 0.05) is 5.75 Å². The topological polar surface area (TPSA) is 38.0 Å². The molecule has 0 aliphatic carbocycles. The van der Waals surface area contributed by atoms with Crippen molar-refractivity contribution in [3.8, 4) is 0 Å². The van der Waals surface area contributed by atoms with Crippen LogP contribution in [0.15, 0.2) is 18.2 Å². The number of benzene rings is 1. The van der Waals surface area contributed by atoms with Crippen molar-refractivity contribution >= 4 is 11.8 Å². The molecule has 0 bridgehead atoms. The quantitative estimate of drug-likeness (QED) is 0.616. The van der Waals surface area contributed by atoms with Gasteiger partial charge in [-0.1, -0.05) is 19.9 Å². The van der Waals surface area contributed by atoms with Crippen molar-refractivity contribution in [2.45, 2.75) is 32.1 Å². The minimum Gasteiger partial charge on any atom is -0.271 e. The highest BCUT2D eigenvalue weighted by molar-refractivity contribution is 7.99. The molecule has 1 aromatic rings. The fraction of sp³-hybridized carbons (Fsp3) is 0.500. The highest BCUT2D eigenvalue weighted by Gasteiger charge is 2.13. The van der Waals surface area contributed by atoms with Crippen LogP contribution in [0.25, 0.3) is 0 Å². The van der Waals surface area contributed by atoms with E-state index in [0.29, 0.717) is 5.25 Å². The molecule has 1 rings (SSSR count). The first kappa shape index (κ1) is 13.5. The van der Waals surface area contributed by atoms with E-state index >= 15 is 0 Å². The summed E-state index contributed by atoms with van der Waals surface area (Å²) in [6, 6.07) is 4.90. The summed E-state index contributed by atoms with van der Waals surface area (Å²) < 4.78 is 13.0. The Hall–Kier alpha value is -0.580. The van der Waals surface area contributed by atoms with Gasteiger partial charge in [-0.3, -0.25) is 11.3 Å². The average Bonchev–Trinajstić information content (AvgIpc) is 2.21. The van der Waals surface area contributed by atoms with E-state index in [-0.39, 0.29) is 11.9 Å². The van der Waals surface area contributed by atoms with Gasteiger partial charge in [0.25, 0.3) is 0 Å². The molecule has 0 heterocycles. The van der Waals surface area contributed by atoms with Crippen molar-refractivity contribution in [2.75, 3.05) is 5.75 Å². The number of thioether (sulfide) groups is 1. The fourth-order valence-corrected chi connectivity index (χ4v) is 2.40. The summed E-state index contributed by atoms with van der Waals surface area (Å²) in [7, 11) is 0. The van der Waals surface area contributed by atoms with Gasteiger partial charge in [0.2, 0.25) is 0 Å². The SMILES string of the molecule is Cc1cc(F)ccc1C(CSC(C)C)NN. The molecule has 3 N–H and O–H groups in total. The predicted molar refractivity (Wildman–Crippen MR) is 68.8 cm³/mol. The number of nitrogens with one attached hydrogen (secondary N) is 1. The molecule has 0 aliphatic rings. The molecule has 0 aliphatic heterocycles. The van der Waals surface area contributed by atoms with E-state index in [2.05, 4.69) is 19.3 Å². The van der Waals surface area contributed by atoms with E-state index < -0.39 is 0 Å². The van der Waals surface area contributed by atoms with Crippen LogP contribution in [-0.2, 0) is 0 Å². The lowest BCUT2D eigenvalue weighted by molar-refractivity contribution is 0.597. The van der Waals surface area contributed by atoms with Crippen LogP contribution in [0.3, 0.4) is 0 Å². The molecule has 0 amide bonds. The number of hydrogen-bond acceptors (Lipinski definition) is 3. The van der Waals surface area contributed by atoms with Crippen molar-refractivity contribution in [3.63, 3.8) is 0 Å². The number of rotatable bonds is 5. The maximum atomic E-state index is 13.0. The van der Waals surface area contributed by atoms with Crippen LogP contribution in [-0.4, -0.2) is 11.0 Å². The first-order chi connectivity index (χ1) is 7.54. The van der Waals surface area contributed by atoms with E-state index in [9.17, 15) is 4.39 Å². The van der Waals surface area contributed by atoms with Crippen LogP contribution in [0.2, 0.25) is 0 Å². The molecule has 0 radical (unpaired) electrons. The van der Waals surface area contributed by atoms with Gasteiger partial charge in [0.1, 0.15) is 5.82 Å². The number of aryl methyl sites for hydroxylation is 1. The molecule has 0 saturated carbocycles. The Labute approximate surface area is 101 Å². The third-order valence-corrected chi connectivity index (χ3v) is 3.60. The van der Waals surface area contributed by atoms with Gasteiger partial charge in [-0.05, 0) is 35.4 Å². The number of nitrogens with two attached hydrogens (primary N) is 1. The van der Waals surface area contributed by atoms with Crippen molar-refractivity contribution in [3.05, 3.63) is 35.1 Å². The van der Waals surface area contributed by atoms with Crippen LogP contribution in [0, 0.1) is 12.7 Å². The standard InChI is InChI=1S/C12H19FN2S/c1-8(2)16-7-12(15-14)11-5-4-10(13)6-9(11)3/h4-6,8,12,15H,7,14H2,1-3H3. The largest absolute Gasteiger partial charge is 0.271 e. The average molecular weight is 242 g/mol. The fourth-order valence-electron chi connectivity index (χ4n) is 1.55. The van der Waals surface area contributed by atoms with Crippen molar-refractivity contribution in [2.24, 2.45) is 5.84 Å². The molecule has 0 saturated heterocycles. The Morgan fingerprint density at radius 1 is 1.44 bits per heavy atom. The normalized spacial score (nSPS) is 13.1.